The zero-order valence-electron chi connectivity index (χ0n) is 27.6. The standard InChI is InChI=1S/C36H56O6Si/c1-8-15-30(42-43(36(3,4)5,34-16-11-9-12-17-34)35-18-13-10-14-19-35)25-31(39-7)22-28(2)23-33-26-32(40-27-38-6)24-29(41-33)20-21-37/h9-14,16-19,21,28-33H,8,15,20,22-27H2,1-7H3/t28-,29-,30-,31-,32-,33+/m1/s1. The van der Waals surface area contributed by atoms with Crippen LogP contribution in [0.2, 0.25) is 5.04 Å². The predicted molar refractivity (Wildman–Crippen MR) is 177 cm³/mol. The van der Waals surface area contributed by atoms with Gasteiger partial charge in [0.15, 0.2) is 0 Å². The number of hydrogen-bond donors (Lipinski definition) is 0. The molecule has 0 spiro atoms. The van der Waals surface area contributed by atoms with E-state index in [1.165, 1.54) is 10.4 Å². The van der Waals surface area contributed by atoms with E-state index in [0.29, 0.717) is 12.3 Å². The van der Waals surface area contributed by atoms with E-state index in [1.54, 1.807) is 7.11 Å². The van der Waals surface area contributed by atoms with Crippen LogP contribution in [0.15, 0.2) is 60.7 Å². The molecular weight excluding hydrogens is 556 g/mol. The van der Waals surface area contributed by atoms with E-state index in [-0.39, 0.29) is 42.4 Å². The van der Waals surface area contributed by atoms with Crippen molar-refractivity contribution in [3.63, 3.8) is 0 Å². The summed E-state index contributed by atoms with van der Waals surface area (Å²) in [6, 6.07) is 21.8. The molecule has 1 heterocycles. The van der Waals surface area contributed by atoms with Gasteiger partial charge in [-0.25, -0.2) is 0 Å². The van der Waals surface area contributed by atoms with Gasteiger partial charge in [0.25, 0.3) is 8.32 Å². The Morgan fingerprint density at radius 3 is 2.05 bits per heavy atom. The molecule has 0 radical (unpaired) electrons. The van der Waals surface area contributed by atoms with E-state index >= 15 is 0 Å². The van der Waals surface area contributed by atoms with E-state index in [9.17, 15) is 4.79 Å². The highest BCUT2D eigenvalue weighted by Gasteiger charge is 2.51. The molecule has 0 aromatic heterocycles. The largest absolute Gasteiger partial charge is 0.404 e. The van der Waals surface area contributed by atoms with Crippen LogP contribution < -0.4 is 10.4 Å². The van der Waals surface area contributed by atoms with Gasteiger partial charge in [-0.2, -0.15) is 0 Å². The SMILES string of the molecule is CCC[C@H](C[C@@H](C[C@@H](C)C[C@H]1C[C@H](OCOC)C[C@@H](CC=O)O1)OC)O[Si](c1ccccc1)(c1ccccc1)C(C)(C)C. The normalized spacial score (nSPS) is 21.7. The number of methoxy groups -OCH3 is 2. The van der Waals surface area contributed by atoms with Gasteiger partial charge in [-0.15, -0.1) is 0 Å². The van der Waals surface area contributed by atoms with Crippen molar-refractivity contribution in [3.05, 3.63) is 60.7 Å². The fraction of sp³-hybridized carbons (Fsp3) is 0.639. The number of hydrogen-bond acceptors (Lipinski definition) is 6. The number of rotatable bonds is 18. The molecule has 2 aromatic rings. The summed E-state index contributed by atoms with van der Waals surface area (Å²) < 4.78 is 31.0. The number of benzene rings is 2. The van der Waals surface area contributed by atoms with E-state index in [0.717, 1.165) is 51.2 Å². The molecule has 0 bridgehead atoms. The number of aldehydes is 1. The summed E-state index contributed by atoms with van der Waals surface area (Å²) in [5, 5.41) is 2.54. The van der Waals surface area contributed by atoms with E-state index in [4.69, 9.17) is 23.4 Å². The summed E-state index contributed by atoms with van der Waals surface area (Å²) in [5.74, 6) is 0.378. The number of carbonyl (C=O) groups is 1. The van der Waals surface area contributed by atoms with Crippen LogP contribution in [0.4, 0.5) is 0 Å². The molecule has 0 aliphatic carbocycles. The fourth-order valence-corrected chi connectivity index (χ4v) is 11.6. The lowest BCUT2D eigenvalue weighted by Gasteiger charge is -2.45. The summed E-state index contributed by atoms with van der Waals surface area (Å²) in [6.45, 7) is 11.8. The second kappa shape index (κ2) is 17.6. The summed E-state index contributed by atoms with van der Waals surface area (Å²) in [4.78, 5) is 11.2. The lowest BCUT2D eigenvalue weighted by molar-refractivity contribution is -0.154. The van der Waals surface area contributed by atoms with Crippen LogP contribution in [0.3, 0.4) is 0 Å². The molecule has 0 amide bonds. The van der Waals surface area contributed by atoms with Crippen molar-refractivity contribution in [1.82, 2.24) is 0 Å². The zero-order valence-corrected chi connectivity index (χ0v) is 28.6. The van der Waals surface area contributed by atoms with Crippen molar-refractivity contribution in [2.45, 2.75) is 122 Å². The first-order chi connectivity index (χ1) is 20.7. The minimum absolute atomic E-state index is 0.0443. The van der Waals surface area contributed by atoms with Crippen LogP contribution >= 0.6 is 0 Å². The molecular formula is C36H56O6Si. The molecule has 2 aromatic carbocycles. The molecule has 1 aliphatic rings. The van der Waals surface area contributed by atoms with Gasteiger partial charge >= 0.3 is 0 Å². The third-order valence-electron chi connectivity index (χ3n) is 8.78. The number of ether oxygens (including phenoxy) is 4. The van der Waals surface area contributed by atoms with Crippen LogP contribution in [-0.2, 0) is 28.2 Å². The highest BCUT2D eigenvalue weighted by molar-refractivity contribution is 6.99. The lowest BCUT2D eigenvalue weighted by atomic mass is 9.89. The fourth-order valence-electron chi connectivity index (χ4n) is 6.84. The van der Waals surface area contributed by atoms with E-state index in [2.05, 4.69) is 95.3 Å². The molecule has 0 N–H and O–H groups in total. The zero-order chi connectivity index (χ0) is 31.3. The molecule has 0 unspecified atom stereocenters. The summed E-state index contributed by atoms with van der Waals surface area (Å²) in [7, 11) is 0.796. The number of carbonyl (C=O) groups excluding carboxylic acids is 1. The Hall–Kier alpha value is -1.87. The summed E-state index contributed by atoms with van der Waals surface area (Å²) in [6.07, 6.45) is 7.72. The third-order valence-corrected chi connectivity index (χ3v) is 13.9. The van der Waals surface area contributed by atoms with Crippen molar-refractivity contribution in [2.75, 3.05) is 21.0 Å². The van der Waals surface area contributed by atoms with Gasteiger partial charge < -0.3 is 28.2 Å². The smallest absolute Gasteiger partial charge is 0.261 e. The van der Waals surface area contributed by atoms with Gasteiger partial charge in [0.2, 0.25) is 0 Å². The maximum atomic E-state index is 11.2. The van der Waals surface area contributed by atoms with Crippen LogP contribution in [0.1, 0.15) is 86.0 Å². The molecule has 7 heteroatoms. The van der Waals surface area contributed by atoms with Gasteiger partial charge in [-0.05, 0) is 53.4 Å². The van der Waals surface area contributed by atoms with Gasteiger partial charge in [0, 0.05) is 33.2 Å². The van der Waals surface area contributed by atoms with Gasteiger partial charge in [-0.1, -0.05) is 102 Å². The average Bonchev–Trinajstić information content (AvgIpc) is 2.98. The Morgan fingerprint density at radius 1 is 0.930 bits per heavy atom. The van der Waals surface area contributed by atoms with Gasteiger partial charge in [0.1, 0.15) is 13.1 Å². The molecule has 1 aliphatic heterocycles. The van der Waals surface area contributed by atoms with E-state index in [1.807, 2.05) is 7.11 Å². The average molecular weight is 613 g/mol. The molecule has 240 valence electrons. The Balaban J connectivity index is 1.78. The van der Waals surface area contributed by atoms with Crippen LogP contribution in [-0.4, -0.2) is 66.1 Å². The van der Waals surface area contributed by atoms with Crippen LogP contribution in [0.5, 0.6) is 0 Å². The van der Waals surface area contributed by atoms with Crippen molar-refractivity contribution in [1.29, 1.82) is 0 Å². The second-order valence-electron chi connectivity index (χ2n) is 13.3. The first-order valence-electron chi connectivity index (χ1n) is 16.2. The first-order valence-corrected chi connectivity index (χ1v) is 18.1. The molecule has 6 atom stereocenters. The molecule has 3 rings (SSSR count). The van der Waals surface area contributed by atoms with E-state index < -0.39 is 8.32 Å². The van der Waals surface area contributed by atoms with Crippen molar-refractivity contribution >= 4 is 25.0 Å². The van der Waals surface area contributed by atoms with Crippen molar-refractivity contribution in [2.24, 2.45) is 5.92 Å². The van der Waals surface area contributed by atoms with Crippen molar-refractivity contribution in [3.8, 4) is 0 Å². The molecule has 1 saturated heterocycles. The Labute approximate surface area is 261 Å². The minimum atomic E-state index is -2.67. The van der Waals surface area contributed by atoms with Crippen LogP contribution in [0, 0.1) is 5.92 Å². The molecule has 43 heavy (non-hydrogen) atoms. The first kappa shape index (κ1) is 35.6. The summed E-state index contributed by atoms with van der Waals surface area (Å²) in [5.41, 5.74) is 0. The Kier molecular flexibility index (Phi) is 14.5. The maximum Gasteiger partial charge on any atom is 0.261 e. The van der Waals surface area contributed by atoms with Gasteiger partial charge in [0.05, 0.1) is 24.4 Å². The minimum Gasteiger partial charge on any atom is -0.404 e. The van der Waals surface area contributed by atoms with Gasteiger partial charge in [-0.3, -0.25) is 0 Å². The van der Waals surface area contributed by atoms with Crippen molar-refractivity contribution < 1.29 is 28.2 Å². The monoisotopic (exact) mass is 612 g/mol. The lowest BCUT2D eigenvalue weighted by Crippen LogP contribution is -2.67. The topological polar surface area (TPSA) is 63.2 Å². The predicted octanol–water partition coefficient (Wildman–Crippen LogP) is 6.68. The highest BCUT2D eigenvalue weighted by atomic mass is 28.4. The third kappa shape index (κ3) is 10.1. The summed E-state index contributed by atoms with van der Waals surface area (Å²) >= 11 is 0. The Bertz CT molecular complexity index is 1000. The van der Waals surface area contributed by atoms with Crippen LogP contribution in [0.25, 0.3) is 0 Å². The Morgan fingerprint density at radius 2 is 1.53 bits per heavy atom. The highest BCUT2D eigenvalue weighted by Crippen LogP contribution is 2.39. The molecule has 0 saturated carbocycles. The maximum absolute atomic E-state index is 11.2. The molecule has 1 fully saturated rings. The molecule has 6 nitrogen and oxygen atoms in total. The quantitative estimate of drug-likeness (QED) is 0.106. The second-order valence-corrected chi connectivity index (χ2v) is 17.6.